The quantitative estimate of drug-likeness (QED) is 0.677. The largest absolute Gasteiger partial charge is 0.285 e. The van der Waals surface area contributed by atoms with Gasteiger partial charge in [0, 0.05) is 16.6 Å². The van der Waals surface area contributed by atoms with Gasteiger partial charge >= 0.3 is 0 Å². The van der Waals surface area contributed by atoms with Crippen molar-refractivity contribution in [2.24, 2.45) is 4.99 Å². The lowest BCUT2D eigenvalue weighted by atomic mass is 10.1. The lowest BCUT2D eigenvalue weighted by Crippen LogP contribution is -2.32. The van der Waals surface area contributed by atoms with Crippen molar-refractivity contribution in [3.63, 3.8) is 0 Å². The lowest BCUT2D eigenvalue weighted by Gasteiger charge is -2.17. The molecule has 3 rings (SSSR count). The first-order chi connectivity index (χ1) is 12.1. The average Bonchev–Trinajstić information content (AvgIpc) is 2.91. The van der Waals surface area contributed by atoms with E-state index in [0.29, 0.717) is 33.9 Å². The maximum absolute atomic E-state index is 12.7. The summed E-state index contributed by atoms with van der Waals surface area (Å²) in [5, 5.41) is 2.08. The van der Waals surface area contributed by atoms with Crippen LogP contribution >= 0.6 is 35.0 Å². The molecule has 0 fully saturated rings. The monoisotopic (exact) mass is 390 g/mol. The Hall–Kier alpha value is -1.75. The molecule has 0 atom stereocenters. The molecule has 25 heavy (non-hydrogen) atoms. The molecule has 1 aliphatic rings. The molecule has 3 nitrogen and oxygen atoms in total. The molecule has 0 saturated heterocycles. The van der Waals surface area contributed by atoms with Crippen molar-refractivity contribution < 1.29 is 4.79 Å². The summed E-state index contributed by atoms with van der Waals surface area (Å²) in [5.74, 6) is -0.0913. The van der Waals surface area contributed by atoms with Gasteiger partial charge in [-0.15, -0.1) is 0 Å². The number of thioether (sulfide) groups is 1. The minimum absolute atomic E-state index is 0.0913. The fraction of sp³-hybridized carbons (Fsp3) is 0.158. The Bertz CT molecular complexity index is 847. The van der Waals surface area contributed by atoms with Crippen LogP contribution in [0.2, 0.25) is 10.0 Å². The number of carbonyl (C=O) groups excluding carboxylic acids is 1. The van der Waals surface area contributed by atoms with Crippen LogP contribution in [-0.2, 0) is 11.2 Å². The van der Waals surface area contributed by atoms with Crippen molar-refractivity contribution in [3.8, 4) is 0 Å². The Morgan fingerprint density at radius 3 is 2.52 bits per heavy atom. The third-order valence-electron chi connectivity index (χ3n) is 3.83. The highest BCUT2D eigenvalue weighted by molar-refractivity contribution is 8.13. The molecule has 0 radical (unpaired) electrons. The summed E-state index contributed by atoms with van der Waals surface area (Å²) in [6.45, 7) is 0.542. The van der Waals surface area contributed by atoms with Crippen molar-refractivity contribution in [2.45, 2.75) is 6.42 Å². The van der Waals surface area contributed by atoms with E-state index in [1.807, 2.05) is 42.7 Å². The molecule has 0 saturated carbocycles. The van der Waals surface area contributed by atoms with Crippen LogP contribution in [0.4, 0.5) is 0 Å². The number of halogens is 2. The highest BCUT2D eigenvalue weighted by atomic mass is 35.5. The van der Waals surface area contributed by atoms with Gasteiger partial charge < -0.3 is 0 Å². The molecule has 1 heterocycles. The zero-order chi connectivity index (χ0) is 17.8. The van der Waals surface area contributed by atoms with E-state index in [1.54, 1.807) is 23.1 Å². The maximum atomic E-state index is 12.7. The first-order valence-electron chi connectivity index (χ1n) is 7.73. The zero-order valence-electron chi connectivity index (χ0n) is 13.6. The molecule has 1 aliphatic heterocycles. The van der Waals surface area contributed by atoms with Gasteiger partial charge in [0.05, 0.1) is 0 Å². The maximum Gasteiger partial charge on any atom is 0.278 e. The van der Waals surface area contributed by atoms with E-state index in [-0.39, 0.29) is 5.91 Å². The molecule has 6 heteroatoms. The molecule has 128 valence electrons. The average molecular weight is 391 g/mol. The highest BCUT2D eigenvalue weighted by Gasteiger charge is 2.29. The van der Waals surface area contributed by atoms with Gasteiger partial charge in [0.15, 0.2) is 5.17 Å². The van der Waals surface area contributed by atoms with Gasteiger partial charge in [0.1, 0.15) is 5.70 Å². The van der Waals surface area contributed by atoms with Crippen molar-refractivity contribution in [1.82, 2.24) is 4.90 Å². The SMILES string of the molecule is CSC1=N/C(=C\c2ccc(Cl)cc2)C(=O)N1CCc1ccccc1Cl. The second-order valence-electron chi connectivity index (χ2n) is 5.48. The second kappa shape index (κ2) is 8.09. The standard InChI is InChI=1S/C19H16Cl2N2OS/c1-25-19-22-17(12-13-6-8-15(20)9-7-13)18(24)23(19)11-10-14-4-2-3-5-16(14)21/h2-9,12H,10-11H2,1H3/b17-12-. The molecule has 2 aromatic carbocycles. The topological polar surface area (TPSA) is 32.7 Å². The molecule has 2 aromatic rings. The Labute approximate surface area is 161 Å². The molecule has 0 aliphatic carbocycles. The Morgan fingerprint density at radius 2 is 1.84 bits per heavy atom. The fourth-order valence-electron chi connectivity index (χ4n) is 2.53. The van der Waals surface area contributed by atoms with Gasteiger partial charge in [0.25, 0.3) is 5.91 Å². The molecule has 0 spiro atoms. The first-order valence-corrected chi connectivity index (χ1v) is 9.72. The number of amidine groups is 1. The van der Waals surface area contributed by atoms with E-state index in [1.165, 1.54) is 11.8 Å². The molecular weight excluding hydrogens is 375 g/mol. The van der Waals surface area contributed by atoms with Crippen LogP contribution in [0, 0.1) is 0 Å². The lowest BCUT2D eigenvalue weighted by molar-refractivity contribution is -0.122. The molecule has 0 unspecified atom stereocenters. The van der Waals surface area contributed by atoms with Crippen molar-refractivity contribution >= 4 is 52.1 Å². The minimum Gasteiger partial charge on any atom is -0.285 e. The predicted octanol–water partition coefficient (Wildman–Crippen LogP) is 5.14. The summed E-state index contributed by atoms with van der Waals surface area (Å²) in [6.07, 6.45) is 4.38. The van der Waals surface area contributed by atoms with Gasteiger partial charge in [-0.05, 0) is 48.1 Å². The summed E-state index contributed by atoms with van der Waals surface area (Å²) in [6, 6.07) is 15.0. The summed E-state index contributed by atoms with van der Waals surface area (Å²) >= 11 is 13.6. The van der Waals surface area contributed by atoms with Crippen LogP contribution in [0.1, 0.15) is 11.1 Å². The normalized spacial score (nSPS) is 15.8. The van der Waals surface area contributed by atoms with E-state index in [2.05, 4.69) is 4.99 Å². The van der Waals surface area contributed by atoms with Gasteiger partial charge in [-0.3, -0.25) is 9.69 Å². The number of nitrogens with zero attached hydrogens (tertiary/aromatic N) is 2. The molecule has 0 bridgehead atoms. The second-order valence-corrected chi connectivity index (χ2v) is 7.09. The highest BCUT2D eigenvalue weighted by Crippen LogP contribution is 2.24. The van der Waals surface area contributed by atoms with Crippen LogP contribution in [0.3, 0.4) is 0 Å². The van der Waals surface area contributed by atoms with Crippen LogP contribution in [0.15, 0.2) is 59.2 Å². The van der Waals surface area contributed by atoms with E-state index >= 15 is 0 Å². The molecule has 0 N–H and O–H groups in total. The van der Waals surface area contributed by atoms with Crippen molar-refractivity contribution in [3.05, 3.63) is 75.4 Å². The van der Waals surface area contributed by atoms with E-state index in [0.717, 1.165) is 11.1 Å². The Balaban J connectivity index is 1.77. The third-order valence-corrected chi connectivity index (χ3v) is 5.13. The predicted molar refractivity (Wildman–Crippen MR) is 107 cm³/mol. The number of hydrogen-bond donors (Lipinski definition) is 0. The number of benzene rings is 2. The van der Waals surface area contributed by atoms with Gasteiger partial charge in [-0.2, -0.15) is 0 Å². The van der Waals surface area contributed by atoms with Crippen LogP contribution in [0.25, 0.3) is 6.08 Å². The van der Waals surface area contributed by atoms with E-state index in [9.17, 15) is 4.79 Å². The van der Waals surface area contributed by atoms with Crippen LogP contribution < -0.4 is 0 Å². The summed E-state index contributed by atoms with van der Waals surface area (Å²) in [7, 11) is 0. The molecule has 1 amide bonds. The number of amides is 1. The summed E-state index contributed by atoms with van der Waals surface area (Å²) < 4.78 is 0. The van der Waals surface area contributed by atoms with Crippen LogP contribution in [-0.4, -0.2) is 28.8 Å². The smallest absolute Gasteiger partial charge is 0.278 e. The minimum atomic E-state index is -0.0913. The van der Waals surface area contributed by atoms with Crippen LogP contribution in [0.5, 0.6) is 0 Å². The number of rotatable bonds is 4. The van der Waals surface area contributed by atoms with E-state index in [4.69, 9.17) is 23.2 Å². The molecule has 0 aromatic heterocycles. The van der Waals surface area contributed by atoms with Gasteiger partial charge in [0.2, 0.25) is 0 Å². The number of hydrogen-bond acceptors (Lipinski definition) is 3. The molecular formula is C19H16Cl2N2OS. The van der Waals surface area contributed by atoms with Crippen molar-refractivity contribution in [1.29, 1.82) is 0 Å². The van der Waals surface area contributed by atoms with E-state index < -0.39 is 0 Å². The fourth-order valence-corrected chi connectivity index (χ4v) is 3.47. The number of carbonyl (C=O) groups is 1. The first kappa shape index (κ1) is 18.1. The number of aliphatic imine (C=N–C) groups is 1. The summed E-state index contributed by atoms with van der Waals surface area (Å²) in [4.78, 5) is 18.9. The van der Waals surface area contributed by atoms with Crippen molar-refractivity contribution in [2.75, 3.05) is 12.8 Å². The summed E-state index contributed by atoms with van der Waals surface area (Å²) in [5.41, 5.74) is 2.35. The Kier molecular flexibility index (Phi) is 5.84. The van der Waals surface area contributed by atoms with Gasteiger partial charge in [-0.1, -0.05) is 65.3 Å². The third kappa shape index (κ3) is 4.27. The zero-order valence-corrected chi connectivity index (χ0v) is 15.9. The Morgan fingerprint density at radius 1 is 1.12 bits per heavy atom. The van der Waals surface area contributed by atoms with Gasteiger partial charge in [-0.25, -0.2) is 4.99 Å².